The van der Waals surface area contributed by atoms with E-state index in [-0.39, 0.29) is 24.5 Å². The van der Waals surface area contributed by atoms with Gasteiger partial charge in [-0.05, 0) is 48.6 Å². The molecule has 0 saturated heterocycles. The number of carboxylic acid groups (broad SMARTS) is 1. The molecule has 5 nitrogen and oxygen atoms in total. The van der Waals surface area contributed by atoms with Crippen LogP contribution in [0.15, 0.2) is 41.8 Å². The van der Waals surface area contributed by atoms with E-state index in [2.05, 4.69) is 10.2 Å². The van der Waals surface area contributed by atoms with Crippen molar-refractivity contribution in [2.45, 2.75) is 37.8 Å². The van der Waals surface area contributed by atoms with Crippen LogP contribution in [0.4, 0.5) is 0 Å². The molecule has 2 saturated carbocycles. The Kier molecular flexibility index (Phi) is 5.27. The van der Waals surface area contributed by atoms with Gasteiger partial charge in [-0.2, -0.15) is 0 Å². The summed E-state index contributed by atoms with van der Waals surface area (Å²) < 4.78 is 0. The predicted octanol–water partition coefficient (Wildman–Crippen LogP) is 3.47. The van der Waals surface area contributed by atoms with Crippen molar-refractivity contribution in [3.8, 4) is 11.1 Å². The summed E-state index contributed by atoms with van der Waals surface area (Å²) in [5.41, 5.74) is 2.02. The number of aliphatic carboxylic acids is 1. The summed E-state index contributed by atoms with van der Waals surface area (Å²) in [6.07, 6.45) is 4.09. The number of carbonyl (C=O) groups is 2. The number of hydrogen-bond acceptors (Lipinski definition) is 4. The molecule has 2 aliphatic rings. The van der Waals surface area contributed by atoms with E-state index in [1.165, 1.54) is 24.2 Å². The van der Waals surface area contributed by atoms with Gasteiger partial charge in [0.05, 0.1) is 11.4 Å². The maximum atomic E-state index is 12.7. The van der Waals surface area contributed by atoms with Crippen LogP contribution in [0.3, 0.4) is 0 Å². The molecule has 6 heteroatoms. The number of amides is 1. The van der Waals surface area contributed by atoms with Gasteiger partial charge in [0.1, 0.15) is 0 Å². The molecule has 4 rings (SSSR count). The van der Waals surface area contributed by atoms with Crippen molar-refractivity contribution in [1.82, 2.24) is 10.2 Å². The Bertz CT molecular complexity index is 810. The van der Waals surface area contributed by atoms with Gasteiger partial charge >= 0.3 is 5.97 Å². The smallest absolute Gasteiger partial charge is 0.317 e. The molecule has 0 atom stereocenters. The van der Waals surface area contributed by atoms with Crippen molar-refractivity contribution >= 4 is 23.2 Å². The summed E-state index contributed by atoms with van der Waals surface area (Å²) >= 11 is 1.46. The highest BCUT2D eigenvalue weighted by Gasteiger charge is 2.38. The van der Waals surface area contributed by atoms with Crippen molar-refractivity contribution in [2.75, 3.05) is 13.1 Å². The largest absolute Gasteiger partial charge is 0.480 e. The summed E-state index contributed by atoms with van der Waals surface area (Å²) in [6.45, 7) is 0.978. The minimum absolute atomic E-state index is 0.0284. The second kappa shape index (κ2) is 7.82. The maximum absolute atomic E-state index is 12.7. The summed E-state index contributed by atoms with van der Waals surface area (Å²) in [5, 5.41) is 14.2. The second-order valence-electron chi connectivity index (χ2n) is 7.59. The fourth-order valence-corrected chi connectivity index (χ4v) is 4.55. The summed E-state index contributed by atoms with van der Waals surface area (Å²) in [6, 6.07) is 12.3. The van der Waals surface area contributed by atoms with Crippen molar-refractivity contribution in [3.63, 3.8) is 0 Å². The monoisotopic (exact) mass is 384 g/mol. The van der Waals surface area contributed by atoms with Crippen LogP contribution in [0.25, 0.3) is 11.1 Å². The first-order chi connectivity index (χ1) is 13.1. The number of rotatable bonds is 8. The Morgan fingerprint density at radius 2 is 1.89 bits per heavy atom. The third-order valence-electron chi connectivity index (χ3n) is 5.45. The molecule has 2 aromatic rings. The molecule has 2 aliphatic carbocycles. The molecular weight excluding hydrogens is 360 g/mol. The molecule has 142 valence electrons. The van der Waals surface area contributed by atoms with Crippen LogP contribution in [0, 0.1) is 5.92 Å². The van der Waals surface area contributed by atoms with Gasteiger partial charge in [-0.15, -0.1) is 11.3 Å². The highest BCUT2D eigenvalue weighted by Crippen LogP contribution is 2.34. The minimum atomic E-state index is -0.769. The van der Waals surface area contributed by atoms with Gasteiger partial charge in [0, 0.05) is 24.2 Å². The molecule has 0 aliphatic heterocycles. The number of nitrogens with zero attached hydrogens (tertiary/aromatic N) is 1. The number of benzene rings is 1. The molecule has 0 bridgehead atoms. The molecule has 1 heterocycles. The average Bonchev–Trinajstić information content (AvgIpc) is 3.29. The van der Waals surface area contributed by atoms with Crippen LogP contribution in [0.5, 0.6) is 0 Å². The fraction of sp³-hybridized carbons (Fsp3) is 0.429. The van der Waals surface area contributed by atoms with E-state index in [4.69, 9.17) is 5.11 Å². The highest BCUT2D eigenvalue weighted by atomic mass is 32.1. The lowest BCUT2D eigenvalue weighted by Crippen LogP contribution is -2.55. The van der Waals surface area contributed by atoms with Crippen molar-refractivity contribution < 1.29 is 14.7 Å². The van der Waals surface area contributed by atoms with Crippen LogP contribution in [0.2, 0.25) is 0 Å². The van der Waals surface area contributed by atoms with Gasteiger partial charge in [0.2, 0.25) is 0 Å². The summed E-state index contributed by atoms with van der Waals surface area (Å²) in [5.74, 6) is -0.133. The summed E-state index contributed by atoms with van der Waals surface area (Å²) in [4.78, 5) is 26.7. The predicted molar refractivity (Wildman–Crippen MR) is 106 cm³/mol. The molecule has 0 radical (unpaired) electrons. The van der Waals surface area contributed by atoms with Crippen LogP contribution in [-0.2, 0) is 4.79 Å². The van der Waals surface area contributed by atoms with E-state index in [1.54, 1.807) is 0 Å². The van der Waals surface area contributed by atoms with E-state index in [1.807, 2.05) is 41.8 Å². The molecule has 2 N–H and O–H groups in total. The topological polar surface area (TPSA) is 69.6 Å². The number of carbonyl (C=O) groups excluding carboxylic acids is 1. The zero-order valence-corrected chi connectivity index (χ0v) is 16.0. The number of nitrogens with one attached hydrogen (secondary N) is 1. The third-order valence-corrected chi connectivity index (χ3v) is 6.36. The van der Waals surface area contributed by atoms with E-state index >= 15 is 0 Å². The molecule has 1 aromatic carbocycles. The Morgan fingerprint density at radius 1 is 1.15 bits per heavy atom. The van der Waals surface area contributed by atoms with Gasteiger partial charge in [-0.3, -0.25) is 14.5 Å². The molecule has 0 spiro atoms. The average molecular weight is 385 g/mol. The molecule has 1 aromatic heterocycles. The first-order valence-electron chi connectivity index (χ1n) is 9.49. The van der Waals surface area contributed by atoms with Crippen LogP contribution < -0.4 is 5.32 Å². The van der Waals surface area contributed by atoms with E-state index in [0.29, 0.717) is 5.92 Å². The van der Waals surface area contributed by atoms with Crippen molar-refractivity contribution in [3.05, 3.63) is 46.7 Å². The van der Waals surface area contributed by atoms with Gasteiger partial charge in [0.25, 0.3) is 5.91 Å². The Labute approximate surface area is 163 Å². The zero-order chi connectivity index (χ0) is 18.8. The summed E-state index contributed by atoms with van der Waals surface area (Å²) in [7, 11) is 0. The molecule has 27 heavy (non-hydrogen) atoms. The Morgan fingerprint density at radius 3 is 2.56 bits per heavy atom. The number of carboxylic acids is 1. The first kappa shape index (κ1) is 18.2. The molecule has 2 fully saturated rings. The first-order valence-corrected chi connectivity index (χ1v) is 10.4. The Hall–Kier alpha value is -2.18. The van der Waals surface area contributed by atoms with E-state index in [9.17, 15) is 9.59 Å². The molecule has 0 unspecified atom stereocenters. The lowest BCUT2D eigenvalue weighted by Gasteiger charge is -2.42. The van der Waals surface area contributed by atoms with Gasteiger partial charge < -0.3 is 10.4 Å². The Balaban J connectivity index is 1.34. The highest BCUT2D eigenvalue weighted by molar-refractivity contribution is 7.12. The number of thiophene rings is 1. The van der Waals surface area contributed by atoms with Gasteiger partial charge in [0.15, 0.2) is 0 Å². The molecule has 1 amide bonds. The minimum Gasteiger partial charge on any atom is -0.480 e. The second-order valence-corrected chi connectivity index (χ2v) is 8.51. The van der Waals surface area contributed by atoms with E-state index in [0.717, 1.165) is 35.4 Å². The standard InChI is InChI=1S/C21H24N2O3S/c24-19(25)13-23(12-14-6-7-14)17-10-16(11-17)22-21(26)20-18(8-9-27-20)15-4-2-1-3-5-15/h1-5,8-9,14,16-17H,6-7,10-13H2,(H,22,26)(H,24,25). The van der Waals surface area contributed by atoms with Crippen LogP contribution in [-0.4, -0.2) is 47.1 Å². The van der Waals surface area contributed by atoms with Gasteiger partial charge in [-0.1, -0.05) is 30.3 Å². The fourth-order valence-electron chi connectivity index (χ4n) is 3.73. The quantitative estimate of drug-likeness (QED) is 0.731. The van der Waals surface area contributed by atoms with Gasteiger partial charge in [-0.25, -0.2) is 0 Å². The normalized spacial score (nSPS) is 21.7. The zero-order valence-electron chi connectivity index (χ0n) is 15.1. The lowest BCUT2D eigenvalue weighted by molar-refractivity contribution is -0.139. The van der Waals surface area contributed by atoms with Crippen LogP contribution >= 0.6 is 11.3 Å². The lowest BCUT2D eigenvalue weighted by atomic mass is 9.85. The SMILES string of the molecule is O=C(O)CN(CC1CC1)C1CC(NC(=O)c2sccc2-c2ccccc2)C1. The number of hydrogen-bond donors (Lipinski definition) is 2. The van der Waals surface area contributed by atoms with Crippen molar-refractivity contribution in [1.29, 1.82) is 0 Å². The maximum Gasteiger partial charge on any atom is 0.317 e. The van der Waals surface area contributed by atoms with Crippen molar-refractivity contribution in [2.24, 2.45) is 5.92 Å². The van der Waals surface area contributed by atoms with E-state index < -0.39 is 5.97 Å². The molecular formula is C21H24N2O3S. The third kappa shape index (κ3) is 4.39. The van der Waals surface area contributed by atoms with Crippen LogP contribution in [0.1, 0.15) is 35.4 Å².